The van der Waals surface area contributed by atoms with E-state index in [9.17, 15) is 25.2 Å². The van der Waals surface area contributed by atoms with Gasteiger partial charge in [-0.1, -0.05) is 12.2 Å². The van der Waals surface area contributed by atoms with E-state index in [-0.39, 0.29) is 13.0 Å². The number of amides is 1. The highest BCUT2D eigenvalue weighted by molar-refractivity contribution is 5.76. The topological polar surface area (TPSA) is 139 Å². The van der Waals surface area contributed by atoms with Crippen LogP contribution in [-0.4, -0.2) is 81.2 Å². The molecular formula is C13H23NO7. The Morgan fingerprint density at radius 2 is 1.86 bits per heavy atom. The van der Waals surface area contributed by atoms with Crippen LogP contribution in [0, 0.1) is 0 Å². The van der Waals surface area contributed by atoms with Gasteiger partial charge in [0.1, 0.15) is 24.4 Å². The van der Waals surface area contributed by atoms with Crippen LogP contribution in [0.3, 0.4) is 0 Å². The van der Waals surface area contributed by atoms with Crippen LogP contribution < -0.4 is 5.32 Å². The number of hydrogen-bond donors (Lipinski definition) is 6. The van der Waals surface area contributed by atoms with Crippen molar-refractivity contribution in [3.63, 3.8) is 0 Å². The summed E-state index contributed by atoms with van der Waals surface area (Å²) in [5, 5.41) is 49.9. The molecule has 6 atom stereocenters. The van der Waals surface area contributed by atoms with Crippen molar-refractivity contribution in [1.29, 1.82) is 0 Å². The fourth-order valence-corrected chi connectivity index (χ4v) is 2.11. The first-order chi connectivity index (χ1) is 9.90. The molecular weight excluding hydrogens is 282 g/mol. The van der Waals surface area contributed by atoms with Gasteiger partial charge in [0.15, 0.2) is 0 Å². The molecule has 1 rings (SSSR count). The van der Waals surface area contributed by atoms with Gasteiger partial charge in [-0.25, -0.2) is 0 Å². The van der Waals surface area contributed by atoms with Gasteiger partial charge in [0, 0.05) is 6.54 Å². The highest BCUT2D eigenvalue weighted by atomic mass is 16.5. The van der Waals surface area contributed by atoms with E-state index in [0.717, 1.165) is 0 Å². The van der Waals surface area contributed by atoms with Gasteiger partial charge < -0.3 is 35.6 Å². The van der Waals surface area contributed by atoms with Gasteiger partial charge in [-0.05, 0) is 6.92 Å². The zero-order valence-corrected chi connectivity index (χ0v) is 11.8. The lowest BCUT2D eigenvalue weighted by molar-refractivity contribution is -0.229. The maximum Gasteiger partial charge on any atom is 0.222 e. The lowest BCUT2D eigenvalue weighted by Crippen LogP contribution is -2.59. The number of allylic oxidation sites excluding steroid dienone is 1. The summed E-state index contributed by atoms with van der Waals surface area (Å²) in [5.41, 5.74) is 0. The van der Waals surface area contributed by atoms with Crippen molar-refractivity contribution in [1.82, 2.24) is 5.32 Å². The molecule has 0 spiro atoms. The molecule has 21 heavy (non-hydrogen) atoms. The summed E-state index contributed by atoms with van der Waals surface area (Å²) in [6.07, 6.45) is -4.37. The Morgan fingerprint density at radius 3 is 2.43 bits per heavy atom. The van der Waals surface area contributed by atoms with Crippen LogP contribution in [-0.2, 0) is 9.53 Å². The molecule has 1 aliphatic heterocycles. The van der Waals surface area contributed by atoms with Crippen molar-refractivity contribution in [2.45, 2.75) is 50.0 Å². The Bertz CT molecular complexity index is 360. The first-order valence-electron chi connectivity index (χ1n) is 6.78. The fraction of sp³-hybridized carbons (Fsp3) is 0.769. The number of aliphatic hydroxyl groups is 5. The number of hydrogen-bond acceptors (Lipinski definition) is 7. The van der Waals surface area contributed by atoms with Crippen molar-refractivity contribution in [3.8, 4) is 0 Å². The summed E-state index contributed by atoms with van der Waals surface area (Å²) in [5.74, 6) is -0.483. The third-order valence-corrected chi connectivity index (χ3v) is 3.30. The molecule has 0 aliphatic carbocycles. The molecule has 1 amide bonds. The van der Waals surface area contributed by atoms with Gasteiger partial charge in [-0.15, -0.1) is 0 Å². The fourth-order valence-electron chi connectivity index (χ4n) is 2.11. The molecule has 1 saturated heterocycles. The molecule has 6 N–H and O–H groups in total. The number of ether oxygens (including phenoxy) is 1. The lowest BCUT2D eigenvalue weighted by Gasteiger charge is -2.39. The smallest absolute Gasteiger partial charge is 0.222 e. The second kappa shape index (κ2) is 8.42. The Hall–Kier alpha value is -1.03. The van der Waals surface area contributed by atoms with Crippen molar-refractivity contribution in [3.05, 3.63) is 12.2 Å². The largest absolute Gasteiger partial charge is 0.394 e. The molecule has 0 saturated carbocycles. The van der Waals surface area contributed by atoms with E-state index >= 15 is 0 Å². The first-order valence-corrected chi connectivity index (χ1v) is 6.78. The third kappa shape index (κ3) is 5.03. The van der Waals surface area contributed by atoms with E-state index in [2.05, 4.69) is 5.32 Å². The van der Waals surface area contributed by atoms with Crippen LogP contribution in [0.1, 0.15) is 13.3 Å². The zero-order chi connectivity index (χ0) is 16.0. The summed E-state index contributed by atoms with van der Waals surface area (Å²) >= 11 is 0. The second-order valence-corrected chi connectivity index (χ2v) is 4.97. The number of aliphatic hydroxyl groups excluding tert-OH is 5. The second-order valence-electron chi connectivity index (χ2n) is 4.97. The van der Waals surface area contributed by atoms with Crippen molar-refractivity contribution in [2.24, 2.45) is 0 Å². The maximum absolute atomic E-state index is 11.7. The van der Waals surface area contributed by atoms with E-state index in [1.807, 2.05) is 0 Å². The Kier molecular flexibility index (Phi) is 7.23. The predicted molar refractivity (Wildman–Crippen MR) is 72.2 cm³/mol. The monoisotopic (exact) mass is 305 g/mol. The minimum absolute atomic E-state index is 0.0145. The molecule has 0 aromatic rings. The van der Waals surface area contributed by atoms with Gasteiger partial charge in [0.2, 0.25) is 5.91 Å². The molecule has 0 unspecified atom stereocenters. The highest BCUT2D eigenvalue weighted by Crippen LogP contribution is 2.23. The number of carbonyl (C=O) groups excluding carboxylic acids is 1. The highest BCUT2D eigenvalue weighted by Gasteiger charge is 2.43. The van der Waals surface area contributed by atoms with Crippen LogP contribution in [0.25, 0.3) is 0 Å². The van der Waals surface area contributed by atoms with Gasteiger partial charge >= 0.3 is 0 Å². The molecule has 1 heterocycles. The van der Waals surface area contributed by atoms with Gasteiger partial charge in [0.25, 0.3) is 0 Å². The molecule has 0 aromatic heterocycles. The van der Waals surface area contributed by atoms with E-state index < -0.39 is 49.1 Å². The number of rotatable bonds is 6. The zero-order valence-electron chi connectivity index (χ0n) is 11.8. The van der Waals surface area contributed by atoms with Crippen molar-refractivity contribution >= 4 is 5.91 Å². The summed E-state index contributed by atoms with van der Waals surface area (Å²) in [6.45, 7) is 1.21. The first kappa shape index (κ1) is 18.0. The molecule has 122 valence electrons. The van der Waals surface area contributed by atoms with Crippen molar-refractivity contribution in [2.75, 3.05) is 13.2 Å². The van der Waals surface area contributed by atoms with Crippen LogP contribution in [0.5, 0.6) is 0 Å². The van der Waals surface area contributed by atoms with E-state index in [4.69, 9.17) is 9.84 Å². The maximum atomic E-state index is 11.7. The minimum atomic E-state index is -1.50. The molecule has 0 bridgehead atoms. The third-order valence-electron chi connectivity index (χ3n) is 3.30. The van der Waals surface area contributed by atoms with Gasteiger partial charge in [-0.3, -0.25) is 4.79 Å². The molecule has 8 nitrogen and oxygen atoms in total. The average molecular weight is 305 g/mol. The molecule has 1 aliphatic rings. The summed E-state index contributed by atoms with van der Waals surface area (Å²) in [6, 6.07) is 0. The normalized spacial score (nSPS) is 34.9. The Labute approximate surface area is 122 Å². The Morgan fingerprint density at radius 1 is 1.24 bits per heavy atom. The standard InChI is InChI=1S/C13H23NO7/c1-2-3-7(16)5-14-10(17)4-8-11(18)13(20)12(19)9(6-15)21-8/h2-3,7-9,11-13,15-16,18-20H,4-6H2,1H3,(H,14,17)/b3-2+/t7-,8+,9-,11+,12-,13-/m1/s1. The van der Waals surface area contributed by atoms with Crippen molar-refractivity contribution < 1.29 is 35.1 Å². The van der Waals surface area contributed by atoms with E-state index in [1.165, 1.54) is 6.08 Å². The SMILES string of the molecule is C/C=C/[C@@H](O)CNC(=O)C[C@@H]1O[C@H](CO)[C@@H](O)[C@H](O)[C@H]1O. The average Bonchev–Trinajstić information content (AvgIpc) is 2.46. The summed E-state index contributed by atoms with van der Waals surface area (Å²) in [4.78, 5) is 11.7. The van der Waals surface area contributed by atoms with Gasteiger partial charge in [0.05, 0.1) is 25.2 Å². The van der Waals surface area contributed by atoms with Crippen LogP contribution in [0.2, 0.25) is 0 Å². The predicted octanol–water partition coefficient (Wildman–Crippen LogP) is -2.73. The van der Waals surface area contributed by atoms with Gasteiger partial charge in [-0.2, -0.15) is 0 Å². The minimum Gasteiger partial charge on any atom is -0.394 e. The molecule has 0 radical (unpaired) electrons. The summed E-state index contributed by atoms with van der Waals surface area (Å²) in [7, 11) is 0. The molecule has 0 aromatic carbocycles. The van der Waals surface area contributed by atoms with Crippen LogP contribution in [0.4, 0.5) is 0 Å². The van der Waals surface area contributed by atoms with E-state index in [1.54, 1.807) is 13.0 Å². The quantitative estimate of drug-likeness (QED) is 0.293. The van der Waals surface area contributed by atoms with E-state index in [0.29, 0.717) is 0 Å². The lowest BCUT2D eigenvalue weighted by atomic mass is 9.93. The van der Waals surface area contributed by atoms with Crippen LogP contribution in [0.15, 0.2) is 12.2 Å². The summed E-state index contributed by atoms with van der Waals surface area (Å²) < 4.78 is 5.21. The number of carbonyl (C=O) groups is 1. The Balaban J connectivity index is 2.50. The molecule has 8 heteroatoms. The van der Waals surface area contributed by atoms with Crippen LogP contribution >= 0.6 is 0 Å². The molecule has 1 fully saturated rings. The number of nitrogens with one attached hydrogen (secondary N) is 1.